The molecule has 114 valence electrons. The van der Waals surface area contributed by atoms with E-state index in [1.54, 1.807) is 6.20 Å². The predicted molar refractivity (Wildman–Crippen MR) is 87.6 cm³/mol. The number of aromatic amines is 1. The zero-order chi connectivity index (χ0) is 15.5. The minimum absolute atomic E-state index is 0.179. The minimum atomic E-state index is -0.653. The number of imidazole rings is 1. The van der Waals surface area contributed by atoms with Crippen LogP contribution in [0.25, 0.3) is 22.6 Å². The number of aromatic nitrogens is 3. The molecule has 0 bridgehead atoms. The van der Waals surface area contributed by atoms with Crippen molar-refractivity contribution in [1.82, 2.24) is 15.0 Å². The molecule has 0 fully saturated rings. The summed E-state index contributed by atoms with van der Waals surface area (Å²) >= 11 is 3.39. The number of aliphatic hydroxyl groups excluding tert-OH is 1. The third-order valence-corrected chi connectivity index (χ3v) is 3.58. The van der Waals surface area contributed by atoms with Crippen molar-refractivity contribution in [3.05, 3.63) is 41.0 Å². The van der Waals surface area contributed by atoms with Crippen molar-refractivity contribution in [2.24, 2.45) is 5.73 Å². The van der Waals surface area contributed by atoms with Gasteiger partial charge >= 0.3 is 0 Å². The highest BCUT2D eigenvalue weighted by Crippen LogP contribution is 2.23. The Labute approximate surface area is 135 Å². The van der Waals surface area contributed by atoms with Gasteiger partial charge in [-0.1, -0.05) is 0 Å². The average Bonchev–Trinajstić information content (AvgIpc) is 2.96. The molecule has 0 saturated carbocycles. The topological polar surface area (TPSA) is 97.1 Å². The van der Waals surface area contributed by atoms with Crippen molar-refractivity contribution in [1.29, 1.82) is 0 Å². The van der Waals surface area contributed by atoms with Gasteiger partial charge in [0.15, 0.2) is 5.65 Å². The van der Waals surface area contributed by atoms with Crippen molar-refractivity contribution < 1.29 is 9.84 Å². The number of nitrogens with one attached hydrogen (secondary N) is 1. The van der Waals surface area contributed by atoms with Crippen LogP contribution in [-0.4, -0.2) is 39.3 Å². The van der Waals surface area contributed by atoms with Crippen molar-refractivity contribution in [2.75, 3.05) is 13.2 Å². The number of H-pyrrole nitrogens is 1. The fraction of sp³-hybridized carbons (Fsp3) is 0.200. The van der Waals surface area contributed by atoms with E-state index in [2.05, 4.69) is 30.9 Å². The molecule has 0 saturated heterocycles. The van der Waals surface area contributed by atoms with Crippen LogP contribution in [0.2, 0.25) is 0 Å². The Morgan fingerprint density at radius 3 is 2.82 bits per heavy atom. The maximum atomic E-state index is 9.38. The van der Waals surface area contributed by atoms with E-state index in [0.29, 0.717) is 11.4 Å². The Morgan fingerprint density at radius 2 is 2.09 bits per heavy atom. The van der Waals surface area contributed by atoms with Crippen LogP contribution in [0.15, 0.2) is 41.0 Å². The minimum Gasteiger partial charge on any atom is -0.491 e. The highest BCUT2D eigenvalue weighted by Gasteiger charge is 2.07. The van der Waals surface area contributed by atoms with Crippen LogP contribution in [0, 0.1) is 0 Å². The molecule has 0 amide bonds. The molecule has 3 rings (SSSR count). The van der Waals surface area contributed by atoms with E-state index < -0.39 is 6.10 Å². The van der Waals surface area contributed by atoms with Gasteiger partial charge in [0, 0.05) is 22.8 Å². The van der Waals surface area contributed by atoms with Crippen molar-refractivity contribution in [2.45, 2.75) is 6.10 Å². The molecule has 0 aliphatic carbocycles. The standard InChI is InChI=1S/C15H15BrN4O2/c16-10-5-13-15(18-7-10)20-14(19-13)9-1-3-12(4-2-9)22-8-11(21)6-17/h1-5,7,11,21H,6,8,17H2,(H,18,19,20). The summed E-state index contributed by atoms with van der Waals surface area (Å²) < 4.78 is 6.35. The first-order valence-electron chi connectivity index (χ1n) is 6.78. The fourth-order valence-corrected chi connectivity index (χ4v) is 2.31. The summed E-state index contributed by atoms with van der Waals surface area (Å²) in [4.78, 5) is 11.9. The quantitative estimate of drug-likeness (QED) is 0.645. The van der Waals surface area contributed by atoms with E-state index >= 15 is 0 Å². The van der Waals surface area contributed by atoms with Crippen LogP contribution < -0.4 is 10.5 Å². The van der Waals surface area contributed by atoms with Crippen LogP contribution in [0.1, 0.15) is 0 Å². The molecule has 3 aromatic rings. The van der Waals surface area contributed by atoms with Crippen molar-refractivity contribution >= 4 is 27.1 Å². The lowest BCUT2D eigenvalue weighted by molar-refractivity contribution is 0.114. The number of hydrogen-bond donors (Lipinski definition) is 3. The molecule has 1 aromatic carbocycles. The highest BCUT2D eigenvalue weighted by atomic mass is 79.9. The molecule has 7 heteroatoms. The Hall–Kier alpha value is -1.96. The molecule has 2 aromatic heterocycles. The van der Waals surface area contributed by atoms with E-state index in [1.807, 2.05) is 30.3 Å². The van der Waals surface area contributed by atoms with Crippen LogP contribution in [0.3, 0.4) is 0 Å². The summed E-state index contributed by atoms with van der Waals surface area (Å²) in [5.41, 5.74) is 7.81. The van der Waals surface area contributed by atoms with Crippen LogP contribution in [0.4, 0.5) is 0 Å². The molecule has 2 heterocycles. The molecule has 0 spiro atoms. The first kappa shape index (κ1) is 15.0. The molecule has 0 radical (unpaired) electrons. The number of nitrogens with zero attached hydrogens (tertiary/aromatic N) is 2. The van der Waals surface area contributed by atoms with Gasteiger partial charge in [-0.25, -0.2) is 9.97 Å². The van der Waals surface area contributed by atoms with Crippen LogP contribution >= 0.6 is 15.9 Å². The van der Waals surface area contributed by atoms with E-state index in [-0.39, 0.29) is 13.2 Å². The second kappa shape index (κ2) is 6.43. The molecule has 1 atom stereocenters. The lowest BCUT2D eigenvalue weighted by Crippen LogP contribution is -2.26. The van der Waals surface area contributed by atoms with Gasteiger partial charge in [-0.3, -0.25) is 0 Å². The second-order valence-corrected chi connectivity index (χ2v) is 5.75. The van der Waals surface area contributed by atoms with Gasteiger partial charge in [0.1, 0.15) is 24.3 Å². The summed E-state index contributed by atoms with van der Waals surface area (Å²) in [7, 11) is 0. The second-order valence-electron chi connectivity index (χ2n) is 4.84. The van der Waals surface area contributed by atoms with E-state index in [9.17, 15) is 5.11 Å². The Bertz CT molecular complexity index is 773. The first-order chi connectivity index (χ1) is 10.7. The van der Waals surface area contributed by atoms with Gasteiger partial charge < -0.3 is 20.6 Å². The fourth-order valence-electron chi connectivity index (χ4n) is 1.98. The average molecular weight is 363 g/mol. The smallest absolute Gasteiger partial charge is 0.178 e. The number of halogens is 1. The molecular formula is C15H15BrN4O2. The SMILES string of the molecule is NCC(O)COc1ccc(-c2nc3ncc(Br)cc3[nH]2)cc1. The Balaban J connectivity index is 1.79. The summed E-state index contributed by atoms with van der Waals surface area (Å²) in [6, 6.07) is 9.39. The van der Waals surface area contributed by atoms with Crippen LogP contribution in [0.5, 0.6) is 5.75 Å². The van der Waals surface area contributed by atoms with Crippen molar-refractivity contribution in [3.8, 4) is 17.1 Å². The third kappa shape index (κ3) is 3.27. The number of aliphatic hydroxyl groups is 1. The number of hydrogen-bond acceptors (Lipinski definition) is 5. The third-order valence-electron chi connectivity index (χ3n) is 3.15. The Kier molecular flexibility index (Phi) is 4.37. The molecule has 0 aliphatic rings. The number of fused-ring (bicyclic) bond motifs is 1. The maximum absolute atomic E-state index is 9.38. The van der Waals surface area contributed by atoms with Crippen LogP contribution in [-0.2, 0) is 0 Å². The monoisotopic (exact) mass is 362 g/mol. The van der Waals surface area contributed by atoms with Gasteiger partial charge in [0.05, 0.1) is 5.52 Å². The molecule has 22 heavy (non-hydrogen) atoms. The molecule has 1 unspecified atom stereocenters. The largest absolute Gasteiger partial charge is 0.491 e. The lowest BCUT2D eigenvalue weighted by Gasteiger charge is -2.10. The van der Waals surface area contributed by atoms with Gasteiger partial charge in [-0.05, 0) is 46.3 Å². The molecule has 4 N–H and O–H groups in total. The molecule has 6 nitrogen and oxygen atoms in total. The highest BCUT2D eigenvalue weighted by molar-refractivity contribution is 9.10. The number of benzene rings is 1. The zero-order valence-electron chi connectivity index (χ0n) is 11.7. The predicted octanol–water partition coefficient (Wildman–Crippen LogP) is 2.09. The summed E-state index contributed by atoms with van der Waals surface area (Å²) in [6.45, 7) is 0.359. The molecular weight excluding hydrogens is 348 g/mol. The first-order valence-corrected chi connectivity index (χ1v) is 7.57. The van der Waals surface area contributed by atoms with Gasteiger partial charge in [-0.15, -0.1) is 0 Å². The number of nitrogens with two attached hydrogens (primary N) is 1. The summed E-state index contributed by atoms with van der Waals surface area (Å²) in [5.74, 6) is 1.42. The lowest BCUT2D eigenvalue weighted by atomic mass is 10.2. The van der Waals surface area contributed by atoms with E-state index in [1.165, 1.54) is 0 Å². The zero-order valence-corrected chi connectivity index (χ0v) is 13.2. The normalized spacial score (nSPS) is 12.5. The number of rotatable bonds is 5. The number of ether oxygens (including phenoxy) is 1. The summed E-state index contributed by atoms with van der Waals surface area (Å²) in [6.07, 6.45) is 1.06. The van der Waals surface area contributed by atoms with Gasteiger partial charge in [0.25, 0.3) is 0 Å². The van der Waals surface area contributed by atoms with E-state index in [0.717, 1.165) is 21.4 Å². The maximum Gasteiger partial charge on any atom is 0.178 e. The van der Waals surface area contributed by atoms with Gasteiger partial charge in [0.2, 0.25) is 0 Å². The van der Waals surface area contributed by atoms with Crippen molar-refractivity contribution in [3.63, 3.8) is 0 Å². The van der Waals surface area contributed by atoms with E-state index in [4.69, 9.17) is 10.5 Å². The van der Waals surface area contributed by atoms with Gasteiger partial charge in [-0.2, -0.15) is 0 Å². The summed E-state index contributed by atoms with van der Waals surface area (Å²) in [5, 5.41) is 9.38. The molecule has 0 aliphatic heterocycles. The Morgan fingerprint density at radius 1 is 1.32 bits per heavy atom. The number of pyridine rings is 1.